The molecule has 0 radical (unpaired) electrons. The molecule has 0 aliphatic carbocycles. The molecule has 5 heteroatoms. The number of para-hydroxylation sites is 1. The number of hydrogen-bond acceptors (Lipinski definition) is 5. The van der Waals surface area contributed by atoms with Crippen molar-refractivity contribution in [3.8, 4) is 11.5 Å². The zero-order valence-corrected chi connectivity index (χ0v) is 17.1. The van der Waals surface area contributed by atoms with E-state index in [-0.39, 0.29) is 0 Å². The van der Waals surface area contributed by atoms with Crippen molar-refractivity contribution >= 4 is 11.4 Å². The van der Waals surface area contributed by atoms with Gasteiger partial charge in [0.1, 0.15) is 0 Å². The quantitative estimate of drug-likeness (QED) is 0.823. The van der Waals surface area contributed by atoms with Gasteiger partial charge in [0.15, 0.2) is 11.5 Å². The molecule has 2 aromatic carbocycles. The molecule has 0 bridgehead atoms. The largest absolute Gasteiger partial charge is 0.493 e. The molecule has 2 aromatic rings. The molecule has 1 N–H and O–H groups in total. The lowest BCUT2D eigenvalue weighted by Gasteiger charge is -2.36. The molecule has 1 fully saturated rings. The molecular weight excluding hydrogens is 350 g/mol. The average molecular weight is 382 g/mol. The molecule has 2 aliphatic heterocycles. The molecule has 2 heterocycles. The number of anilines is 2. The fourth-order valence-corrected chi connectivity index (χ4v) is 4.54. The summed E-state index contributed by atoms with van der Waals surface area (Å²) >= 11 is 0. The second-order valence-corrected chi connectivity index (χ2v) is 7.79. The Kier molecular flexibility index (Phi) is 5.62. The van der Waals surface area contributed by atoms with E-state index in [4.69, 9.17) is 9.47 Å². The smallest absolute Gasteiger partial charge is 0.162 e. The van der Waals surface area contributed by atoms with Gasteiger partial charge in [-0.15, -0.1) is 0 Å². The third kappa shape index (κ3) is 3.76. The van der Waals surface area contributed by atoms with Crippen LogP contribution in [0.1, 0.15) is 24.8 Å². The van der Waals surface area contributed by atoms with Crippen LogP contribution in [0.15, 0.2) is 42.5 Å². The molecule has 0 aromatic heterocycles. The lowest BCUT2D eigenvalue weighted by molar-refractivity contribution is 0.247. The molecule has 150 valence electrons. The lowest BCUT2D eigenvalue weighted by Crippen LogP contribution is -2.47. The van der Waals surface area contributed by atoms with E-state index in [2.05, 4.69) is 64.5 Å². The highest BCUT2D eigenvalue weighted by Gasteiger charge is 2.31. The molecule has 0 saturated carbocycles. The van der Waals surface area contributed by atoms with Gasteiger partial charge in [-0.1, -0.05) is 18.2 Å². The fourth-order valence-electron chi connectivity index (χ4n) is 4.54. The first-order chi connectivity index (χ1) is 13.7. The summed E-state index contributed by atoms with van der Waals surface area (Å²) in [5.41, 5.74) is 3.88. The van der Waals surface area contributed by atoms with E-state index in [1.54, 1.807) is 14.2 Å². The lowest BCUT2D eigenvalue weighted by atomic mass is 9.92. The summed E-state index contributed by atoms with van der Waals surface area (Å²) in [4.78, 5) is 5.09. The van der Waals surface area contributed by atoms with Crippen LogP contribution in [-0.4, -0.2) is 57.9 Å². The average Bonchev–Trinajstić information content (AvgIpc) is 3.06. The maximum absolute atomic E-state index is 5.52. The normalized spacial score (nSPS) is 21.9. The van der Waals surface area contributed by atoms with E-state index in [0.717, 1.165) is 50.6 Å². The Morgan fingerprint density at radius 3 is 2.32 bits per heavy atom. The SMILES string of the molecule is COc1cc2c(cc1OC)[C@H](CCN1CCN(c3ccccc3)CC1)[C@H](C)N2. The highest BCUT2D eigenvalue weighted by molar-refractivity contribution is 5.66. The van der Waals surface area contributed by atoms with Crippen molar-refractivity contribution in [1.82, 2.24) is 4.90 Å². The van der Waals surface area contributed by atoms with Gasteiger partial charge in [-0.05, 0) is 43.7 Å². The Hall–Kier alpha value is -2.40. The molecule has 4 rings (SSSR count). The molecule has 2 aliphatic rings. The number of nitrogens with one attached hydrogen (secondary N) is 1. The summed E-state index contributed by atoms with van der Waals surface area (Å²) in [7, 11) is 3.40. The zero-order valence-electron chi connectivity index (χ0n) is 17.1. The number of methoxy groups -OCH3 is 2. The Bertz CT molecular complexity index is 788. The maximum Gasteiger partial charge on any atom is 0.162 e. The second kappa shape index (κ2) is 8.31. The minimum absolute atomic E-state index is 0.428. The van der Waals surface area contributed by atoms with Crippen molar-refractivity contribution < 1.29 is 9.47 Å². The van der Waals surface area contributed by atoms with Crippen LogP contribution >= 0.6 is 0 Å². The first-order valence-corrected chi connectivity index (χ1v) is 10.2. The number of benzene rings is 2. The van der Waals surface area contributed by atoms with Crippen molar-refractivity contribution in [2.45, 2.75) is 25.3 Å². The topological polar surface area (TPSA) is 37.0 Å². The number of rotatable bonds is 6. The molecule has 0 amide bonds. The van der Waals surface area contributed by atoms with Gasteiger partial charge in [-0.2, -0.15) is 0 Å². The zero-order chi connectivity index (χ0) is 19.5. The molecule has 28 heavy (non-hydrogen) atoms. The Balaban J connectivity index is 1.36. The van der Waals surface area contributed by atoms with Gasteiger partial charge in [0.05, 0.1) is 14.2 Å². The van der Waals surface area contributed by atoms with Gasteiger partial charge in [-0.3, -0.25) is 4.90 Å². The van der Waals surface area contributed by atoms with Gasteiger partial charge in [0, 0.05) is 55.6 Å². The van der Waals surface area contributed by atoms with Crippen LogP contribution in [-0.2, 0) is 0 Å². The highest BCUT2D eigenvalue weighted by atomic mass is 16.5. The van der Waals surface area contributed by atoms with Crippen LogP contribution in [0.3, 0.4) is 0 Å². The molecule has 0 spiro atoms. The van der Waals surface area contributed by atoms with E-state index in [9.17, 15) is 0 Å². The third-order valence-electron chi connectivity index (χ3n) is 6.19. The van der Waals surface area contributed by atoms with Crippen molar-refractivity contribution in [3.05, 3.63) is 48.0 Å². The first-order valence-electron chi connectivity index (χ1n) is 10.2. The monoisotopic (exact) mass is 381 g/mol. The van der Waals surface area contributed by atoms with Crippen molar-refractivity contribution in [3.63, 3.8) is 0 Å². The summed E-state index contributed by atoms with van der Waals surface area (Å²) in [6.07, 6.45) is 1.15. The van der Waals surface area contributed by atoms with Gasteiger partial charge < -0.3 is 19.7 Å². The number of piperazine rings is 1. The van der Waals surface area contributed by atoms with Gasteiger partial charge in [-0.25, -0.2) is 0 Å². The van der Waals surface area contributed by atoms with Crippen LogP contribution in [0.25, 0.3) is 0 Å². The van der Waals surface area contributed by atoms with E-state index in [1.807, 2.05) is 0 Å². The van der Waals surface area contributed by atoms with Crippen molar-refractivity contribution in [2.75, 3.05) is 57.2 Å². The van der Waals surface area contributed by atoms with Gasteiger partial charge >= 0.3 is 0 Å². The third-order valence-corrected chi connectivity index (χ3v) is 6.19. The standard InChI is InChI=1S/C23H31N3O2/c1-17-19(20-15-22(27-2)23(28-3)16-21(20)24-17)9-10-25-11-13-26(14-12-25)18-7-5-4-6-8-18/h4-8,15-17,19,24H,9-14H2,1-3H3/t17-,19+/m0/s1. The predicted molar refractivity (Wildman–Crippen MR) is 115 cm³/mol. The van der Waals surface area contributed by atoms with Crippen LogP contribution in [0.4, 0.5) is 11.4 Å². The minimum atomic E-state index is 0.428. The minimum Gasteiger partial charge on any atom is -0.493 e. The predicted octanol–water partition coefficient (Wildman–Crippen LogP) is 3.81. The molecule has 0 unspecified atom stereocenters. The summed E-state index contributed by atoms with van der Waals surface area (Å²) in [6.45, 7) is 7.86. The van der Waals surface area contributed by atoms with Gasteiger partial charge in [0.25, 0.3) is 0 Å². The molecule has 5 nitrogen and oxygen atoms in total. The van der Waals surface area contributed by atoms with Crippen molar-refractivity contribution in [1.29, 1.82) is 0 Å². The summed E-state index contributed by atoms with van der Waals surface area (Å²) < 4.78 is 11.0. The van der Waals surface area contributed by atoms with E-state index in [0.29, 0.717) is 12.0 Å². The number of hydrogen-bond donors (Lipinski definition) is 1. The van der Waals surface area contributed by atoms with Crippen LogP contribution in [0.5, 0.6) is 11.5 Å². The molecule has 2 atom stereocenters. The van der Waals surface area contributed by atoms with E-state index in [1.165, 1.54) is 16.9 Å². The van der Waals surface area contributed by atoms with Crippen LogP contribution in [0, 0.1) is 0 Å². The van der Waals surface area contributed by atoms with Gasteiger partial charge in [0.2, 0.25) is 0 Å². The van der Waals surface area contributed by atoms with E-state index < -0.39 is 0 Å². The summed E-state index contributed by atoms with van der Waals surface area (Å²) in [5.74, 6) is 2.11. The van der Waals surface area contributed by atoms with Crippen molar-refractivity contribution in [2.24, 2.45) is 0 Å². The van der Waals surface area contributed by atoms with Crippen LogP contribution < -0.4 is 19.7 Å². The van der Waals surface area contributed by atoms with Crippen LogP contribution in [0.2, 0.25) is 0 Å². The fraction of sp³-hybridized carbons (Fsp3) is 0.478. The summed E-state index contributed by atoms with van der Waals surface area (Å²) in [6, 6.07) is 15.4. The highest BCUT2D eigenvalue weighted by Crippen LogP contribution is 2.44. The first kappa shape index (κ1) is 18.9. The second-order valence-electron chi connectivity index (χ2n) is 7.79. The maximum atomic E-state index is 5.52. The Morgan fingerprint density at radius 1 is 0.964 bits per heavy atom. The molecule has 1 saturated heterocycles. The Morgan fingerprint density at radius 2 is 1.64 bits per heavy atom. The number of fused-ring (bicyclic) bond motifs is 1. The number of nitrogens with zero attached hydrogens (tertiary/aromatic N) is 2. The summed E-state index contributed by atoms with van der Waals surface area (Å²) in [5, 5.41) is 3.63. The Labute approximate surface area is 168 Å². The molecular formula is C23H31N3O2. The number of ether oxygens (including phenoxy) is 2. The van der Waals surface area contributed by atoms with E-state index >= 15 is 0 Å².